The fourth-order valence-corrected chi connectivity index (χ4v) is 4.41. The first-order valence-corrected chi connectivity index (χ1v) is 8.86. The maximum Gasteiger partial charge on any atom is 0.416 e. The van der Waals surface area contributed by atoms with Gasteiger partial charge in [-0.1, -0.05) is 37.9 Å². The van der Waals surface area contributed by atoms with Crippen LogP contribution in [0.25, 0.3) is 0 Å². The number of hydrogen-bond donors (Lipinski definition) is 0. The number of benzene rings is 1. The lowest BCUT2D eigenvalue weighted by Gasteiger charge is -2.29. The molecule has 1 aliphatic carbocycles. The van der Waals surface area contributed by atoms with Gasteiger partial charge in [0.15, 0.2) is 0 Å². The molecule has 2 amide bonds. The van der Waals surface area contributed by atoms with Crippen molar-refractivity contribution in [2.24, 2.45) is 11.8 Å². The quantitative estimate of drug-likeness (QED) is 0.472. The van der Waals surface area contributed by atoms with Crippen LogP contribution in [0.15, 0.2) is 24.3 Å². The topological polar surface area (TPSA) is 37.4 Å². The molecule has 0 bridgehead atoms. The van der Waals surface area contributed by atoms with E-state index in [0.29, 0.717) is 12.8 Å². The van der Waals surface area contributed by atoms with Crippen molar-refractivity contribution in [1.82, 2.24) is 0 Å². The molecule has 1 aromatic carbocycles. The first-order chi connectivity index (χ1) is 10.7. The Labute approximate surface area is 147 Å². The molecule has 3 nitrogen and oxygen atoms in total. The van der Waals surface area contributed by atoms with Crippen LogP contribution < -0.4 is 4.90 Å². The highest BCUT2D eigenvalue weighted by molar-refractivity contribution is 9.12. The van der Waals surface area contributed by atoms with Crippen LogP contribution in [0.1, 0.15) is 18.4 Å². The zero-order chi connectivity index (χ0) is 16.9. The predicted molar refractivity (Wildman–Crippen MR) is 85.6 cm³/mol. The van der Waals surface area contributed by atoms with Crippen LogP contribution in [0.2, 0.25) is 0 Å². The standard InChI is InChI=1S/C15H12Br2F3NO2/c16-11-5-9-10(6-12(11)17)14(23)21(13(9)22)8-3-1-2-7(4-8)15(18,19)20/h1-4,9-12H,5-6H2/t9-,10-,11+,12+/m1/s1. The zero-order valence-electron chi connectivity index (χ0n) is 11.7. The average Bonchev–Trinajstić information content (AvgIpc) is 2.71. The van der Waals surface area contributed by atoms with Gasteiger partial charge in [0.05, 0.1) is 23.1 Å². The number of halogens is 5. The van der Waals surface area contributed by atoms with E-state index in [1.54, 1.807) is 0 Å². The van der Waals surface area contributed by atoms with Gasteiger partial charge in [-0.3, -0.25) is 14.5 Å². The molecule has 0 unspecified atom stereocenters. The van der Waals surface area contributed by atoms with E-state index in [1.165, 1.54) is 12.1 Å². The largest absolute Gasteiger partial charge is 0.416 e. The summed E-state index contributed by atoms with van der Waals surface area (Å²) in [5.41, 5.74) is -0.885. The van der Waals surface area contributed by atoms with Gasteiger partial charge in [-0.15, -0.1) is 0 Å². The molecule has 8 heteroatoms. The molecule has 1 saturated heterocycles. The van der Waals surface area contributed by atoms with Crippen LogP contribution in [0.5, 0.6) is 0 Å². The molecule has 3 rings (SSSR count). The molecule has 0 N–H and O–H groups in total. The second-order valence-electron chi connectivity index (χ2n) is 5.78. The highest BCUT2D eigenvalue weighted by Gasteiger charge is 2.52. The number of carbonyl (C=O) groups excluding carboxylic acids is 2. The van der Waals surface area contributed by atoms with Gasteiger partial charge < -0.3 is 0 Å². The number of anilines is 1. The second kappa shape index (κ2) is 5.88. The van der Waals surface area contributed by atoms with Crippen molar-refractivity contribution in [3.05, 3.63) is 29.8 Å². The predicted octanol–water partition coefficient (Wildman–Crippen LogP) is 4.13. The molecule has 1 saturated carbocycles. The molecule has 0 spiro atoms. The summed E-state index contributed by atoms with van der Waals surface area (Å²) in [4.78, 5) is 26.1. The van der Waals surface area contributed by atoms with E-state index in [0.717, 1.165) is 17.0 Å². The van der Waals surface area contributed by atoms with E-state index in [4.69, 9.17) is 0 Å². The monoisotopic (exact) mass is 453 g/mol. The van der Waals surface area contributed by atoms with Crippen molar-refractivity contribution >= 4 is 49.4 Å². The first kappa shape index (κ1) is 17.0. The Balaban J connectivity index is 1.95. The van der Waals surface area contributed by atoms with Crippen molar-refractivity contribution < 1.29 is 22.8 Å². The molecule has 1 heterocycles. The number of nitrogens with zero attached hydrogens (tertiary/aromatic N) is 1. The summed E-state index contributed by atoms with van der Waals surface area (Å²) in [7, 11) is 0. The van der Waals surface area contributed by atoms with Crippen LogP contribution in [0.4, 0.5) is 18.9 Å². The van der Waals surface area contributed by atoms with Gasteiger partial charge in [-0.2, -0.15) is 13.2 Å². The Morgan fingerprint density at radius 3 is 2.00 bits per heavy atom. The van der Waals surface area contributed by atoms with Gasteiger partial charge >= 0.3 is 6.18 Å². The van der Waals surface area contributed by atoms with Crippen molar-refractivity contribution in [1.29, 1.82) is 0 Å². The van der Waals surface area contributed by atoms with E-state index in [-0.39, 0.29) is 15.3 Å². The van der Waals surface area contributed by atoms with Gasteiger partial charge in [0.25, 0.3) is 0 Å². The number of amides is 2. The molecule has 0 radical (unpaired) electrons. The van der Waals surface area contributed by atoms with E-state index < -0.39 is 35.4 Å². The van der Waals surface area contributed by atoms with Crippen LogP contribution >= 0.6 is 31.9 Å². The van der Waals surface area contributed by atoms with Gasteiger partial charge in [-0.05, 0) is 31.0 Å². The summed E-state index contributed by atoms with van der Waals surface area (Å²) in [5, 5.41) is 0. The lowest BCUT2D eigenvalue weighted by molar-refractivity contribution is -0.137. The molecule has 23 heavy (non-hydrogen) atoms. The summed E-state index contributed by atoms with van der Waals surface area (Å²) in [6.45, 7) is 0. The van der Waals surface area contributed by atoms with E-state index in [2.05, 4.69) is 31.9 Å². The Morgan fingerprint density at radius 2 is 1.52 bits per heavy atom. The van der Waals surface area contributed by atoms with Gasteiger partial charge in [0.2, 0.25) is 11.8 Å². The summed E-state index contributed by atoms with van der Waals surface area (Å²) in [6, 6.07) is 4.34. The summed E-state index contributed by atoms with van der Waals surface area (Å²) in [6.07, 6.45) is -3.54. The minimum Gasteiger partial charge on any atom is -0.274 e. The van der Waals surface area contributed by atoms with Crippen LogP contribution in [-0.4, -0.2) is 21.5 Å². The summed E-state index contributed by atoms with van der Waals surface area (Å²) in [5.74, 6) is -1.78. The second-order valence-corrected chi connectivity index (χ2v) is 8.13. The maximum absolute atomic E-state index is 12.8. The lowest BCUT2D eigenvalue weighted by atomic mass is 9.81. The van der Waals surface area contributed by atoms with Gasteiger partial charge in [0, 0.05) is 9.65 Å². The Hall–Kier alpha value is -0.890. The molecule has 4 atom stereocenters. The molecule has 0 aromatic heterocycles. The van der Waals surface area contributed by atoms with Crippen LogP contribution in [0, 0.1) is 11.8 Å². The van der Waals surface area contributed by atoms with E-state index in [9.17, 15) is 22.8 Å². The third-order valence-corrected chi connectivity index (χ3v) is 7.08. The summed E-state index contributed by atoms with van der Waals surface area (Å²) < 4.78 is 38.5. The SMILES string of the molecule is O=C1[C@@H]2C[C@H](Br)[C@@H](Br)C[C@H]2C(=O)N1c1cccc(C(F)(F)F)c1. The molecule has 124 valence electrons. The lowest BCUT2D eigenvalue weighted by Crippen LogP contribution is -2.34. The maximum atomic E-state index is 12.8. The van der Waals surface area contributed by atoms with E-state index >= 15 is 0 Å². The Kier molecular flexibility index (Phi) is 4.33. The third-order valence-electron chi connectivity index (χ3n) is 4.34. The van der Waals surface area contributed by atoms with Gasteiger partial charge in [0.1, 0.15) is 0 Å². The molecular weight excluding hydrogens is 443 g/mol. The number of imide groups is 1. The smallest absolute Gasteiger partial charge is 0.274 e. The van der Waals surface area contributed by atoms with Crippen molar-refractivity contribution in [3.8, 4) is 0 Å². The Morgan fingerprint density at radius 1 is 1.00 bits per heavy atom. The molecule has 2 fully saturated rings. The fraction of sp³-hybridized carbons (Fsp3) is 0.467. The zero-order valence-corrected chi connectivity index (χ0v) is 14.9. The molecular formula is C15H12Br2F3NO2. The third kappa shape index (κ3) is 2.95. The Bertz CT molecular complexity index is 636. The molecule has 1 aliphatic heterocycles. The molecule has 1 aromatic rings. The van der Waals surface area contributed by atoms with Crippen LogP contribution in [-0.2, 0) is 15.8 Å². The highest BCUT2D eigenvalue weighted by Crippen LogP contribution is 2.44. The minimum absolute atomic E-state index is 0.0125. The number of rotatable bonds is 1. The number of fused-ring (bicyclic) bond motifs is 1. The van der Waals surface area contributed by atoms with Gasteiger partial charge in [-0.25, -0.2) is 0 Å². The fourth-order valence-electron chi connectivity index (χ4n) is 3.17. The van der Waals surface area contributed by atoms with Crippen molar-refractivity contribution in [2.75, 3.05) is 4.90 Å². The van der Waals surface area contributed by atoms with Crippen molar-refractivity contribution in [3.63, 3.8) is 0 Å². The normalized spacial score (nSPS) is 31.4. The van der Waals surface area contributed by atoms with E-state index in [1.807, 2.05) is 0 Å². The van der Waals surface area contributed by atoms with Crippen molar-refractivity contribution in [2.45, 2.75) is 28.7 Å². The number of carbonyl (C=O) groups is 2. The number of hydrogen-bond acceptors (Lipinski definition) is 2. The van der Waals surface area contributed by atoms with Crippen LogP contribution in [0.3, 0.4) is 0 Å². The number of alkyl halides is 5. The molecule has 2 aliphatic rings. The first-order valence-electron chi connectivity index (χ1n) is 7.03. The minimum atomic E-state index is -4.52. The summed E-state index contributed by atoms with van der Waals surface area (Å²) >= 11 is 6.95. The highest BCUT2D eigenvalue weighted by atomic mass is 79.9. The average molecular weight is 455 g/mol.